The number of sulfonamides is 1. The van der Waals surface area contributed by atoms with E-state index in [2.05, 4.69) is 20.7 Å². The van der Waals surface area contributed by atoms with E-state index >= 15 is 0 Å². The normalized spacial score (nSPS) is 21.1. The first kappa shape index (κ1) is 20.6. The van der Waals surface area contributed by atoms with Crippen LogP contribution in [-0.4, -0.2) is 25.0 Å². The molecule has 9 heteroatoms. The van der Waals surface area contributed by atoms with Crippen molar-refractivity contribution in [3.05, 3.63) is 75.7 Å². The number of rotatable bonds is 6. The Labute approximate surface area is 185 Å². The Balaban J connectivity index is 1.62. The summed E-state index contributed by atoms with van der Waals surface area (Å²) >= 11 is 10.4. The quantitative estimate of drug-likeness (QED) is 0.480. The van der Waals surface area contributed by atoms with Crippen LogP contribution < -0.4 is 4.72 Å². The van der Waals surface area contributed by atoms with Gasteiger partial charge in [0.15, 0.2) is 0 Å². The third-order valence-electron chi connectivity index (χ3n) is 4.91. The first-order chi connectivity index (χ1) is 13.7. The molecule has 3 aromatic rings. The van der Waals surface area contributed by atoms with Gasteiger partial charge in [-0.25, -0.2) is 8.42 Å². The number of hydrogen-bond acceptors (Lipinski definition) is 4. The topological polar surface area (TPSA) is 83.5 Å². The average molecular weight is 513 g/mol. The first-order valence-electron chi connectivity index (χ1n) is 8.60. The van der Waals surface area contributed by atoms with Crippen LogP contribution in [0.4, 0.5) is 0 Å². The molecule has 0 bridgehead atoms. The number of thiophene rings is 1. The molecule has 4 rings (SSSR count). The predicted molar refractivity (Wildman–Crippen MR) is 117 cm³/mol. The van der Waals surface area contributed by atoms with Crippen LogP contribution in [0.2, 0.25) is 5.02 Å². The Morgan fingerprint density at radius 3 is 2.48 bits per heavy atom. The van der Waals surface area contributed by atoms with Crippen molar-refractivity contribution in [2.75, 3.05) is 0 Å². The van der Waals surface area contributed by atoms with Crippen molar-refractivity contribution in [2.24, 2.45) is 0 Å². The van der Waals surface area contributed by atoms with E-state index in [9.17, 15) is 18.3 Å². The summed E-state index contributed by atoms with van der Waals surface area (Å²) in [4.78, 5) is 12.7. The Morgan fingerprint density at radius 1 is 1.14 bits per heavy atom. The Morgan fingerprint density at radius 2 is 1.83 bits per heavy atom. The summed E-state index contributed by atoms with van der Waals surface area (Å²) < 4.78 is 29.2. The lowest BCUT2D eigenvalue weighted by atomic mass is 10.1. The van der Waals surface area contributed by atoms with Crippen LogP contribution in [0.15, 0.2) is 69.3 Å². The molecule has 1 heterocycles. The molecular weight excluding hydrogens is 498 g/mol. The summed E-state index contributed by atoms with van der Waals surface area (Å²) in [5, 5.41) is 10.4. The maximum absolute atomic E-state index is 13.0. The van der Waals surface area contributed by atoms with Gasteiger partial charge in [0.1, 0.15) is 9.75 Å². The van der Waals surface area contributed by atoms with Crippen molar-refractivity contribution in [3.63, 3.8) is 0 Å². The van der Waals surface area contributed by atoms with Gasteiger partial charge in [0.05, 0.1) is 0 Å². The van der Waals surface area contributed by atoms with Crippen LogP contribution >= 0.6 is 38.9 Å². The summed E-state index contributed by atoms with van der Waals surface area (Å²) in [5.41, 5.74) is 0.0598. The first-order valence-corrected chi connectivity index (χ1v) is 12.1. The highest BCUT2D eigenvalue weighted by Gasteiger charge is 2.63. The molecule has 1 unspecified atom stereocenters. The standard InChI is InChI=1S/C20H15BrClNO4S2/c21-16-4-2-1-3-14(16)15-11-20(15,19(24)25)23-29(26,27)18-10-9-17(28-18)12-5-7-13(22)8-6-12/h1-10,15,23H,11H2,(H,24,25)/t15-,20?/m0/s1. The number of carboxylic acid groups (broad SMARTS) is 1. The minimum absolute atomic E-state index is 0.0702. The third-order valence-corrected chi connectivity index (χ3v) is 9.02. The summed E-state index contributed by atoms with van der Waals surface area (Å²) in [7, 11) is -4.00. The van der Waals surface area contributed by atoms with Crippen LogP contribution in [0.1, 0.15) is 17.9 Å². The average Bonchev–Trinajstić information content (AvgIpc) is 3.16. The van der Waals surface area contributed by atoms with E-state index in [0.29, 0.717) is 5.02 Å². The van der Waals surface area contributed by atoms with Gasteiger partial charge in [0, 0.05) is 20.3 Å². The van der Waals surface area contributed by atoms with E-state index in [0.717, 1.165) is 31.8 Å². The summed E-state index contributed by atoms with van der Waals surface area (Å²) in [5.74, 6) is -1.63. The maximum atomic E-state index is 13.0. The molecule has 2 N–H and O–H groups in total. The second-order valence-electron chi connectivity index (χ2n) is 6.79. The molecule has 1 aliphatic rings. The van der Waals surface area contributed by atoms with E-state index in [1.807, 2.05) is 12.1 Å². The van der Waals surface area contributed by atoms with Gasteiger partial charge < -0.3 is 5.11 Å². The van der Waals surface area contributed by atoms with Gasteiger partial charge >= 0.3 is 5.97 Å². The van der Waals surface area contributed by atoms with Crippen LogP contribution in [0.25, 0.3) is 10.4 Å². The number of carboxylic acids is 1. The number of benzene rings is 2. The number of nitrogens with one attached hydrogen (secondary N) is 1. The molecule has 0 amide bonds. The minimum Gasteiger partial charge on any atom is -0.480 e. The number of hydrogen-bond donors (Lipinski definition) is 2. The Kier molecular flexibility index (Phi) is 5.33. The molecule has 1 saturated carbocycles. The fourth-order valence-electron chi connectivity index (χ4n) is 3.31. The third kappa shape index (κ3) is 3.87. The number of halogens is 2. The number of carbonyl (C=O) groups is 1. The van der Waals surface area contributed by atoms with Crippen molar-refractivity contribution in [1.29, 1.82) is 0 Å². The fourth-order valence-corrected chi connectivity index (χ4v) is 6.72. The van der Waals surface area contributed by atoms with Crippen molar-refractivity contribution < 1.29 is 18.3 Å². The largest absolute Gasteiger partial charge is 0.480 e. The van der Waals surface area contributed by atoms with Crippen molar-refractivity contribution in [3.8, 4) is 10.4 Å². The SMILES string of the molecule is O=C(O)C1(NS(=O)(=O)c2ccc(-c3ccc(Cl)cc3)s2)C[C@H]1c1ccccc1Br. The molecule has 1 fully saturated rings. The monoisotopic (exact) mass is 511 g/mol. The van der Waals surface area contributed by atoms with Gasteiger partial charge in [-0.05, 0) is 47.9 Å². The van der Waals surface area contributed by atoms with E-state index in [-0.39, 0.29) is 10.6 Å². The highest BCUT2D eigenvalue weighted by molar-refractivity contribution is 9.10. The fraction of sp³-hybridized carbons (Fsp3) is 0.150. The van der Waals surface area contributed by atoms with E-state index in [1.165, 1.54) is 6.07 Å². The molecule has 5 nitrogen and oxygen atoms in total. The molecule has 0 radical (unpaired) electrons. The molecule has 2 atom stereocenters. The molecule has 2 aromatic carbocycles. The molecule has 0 aliphatic heterocycles. The van der Waals surface area contributed by atoms with Crippen molar-refractivity contribution in [1.82, 2.24) is 4.72 Å². The minimum atomic E-state index is -4.00. The Hall–Kier alpha value is -1.71. The number of aliphatic carboxylic acids is 1. The molecular formula is C20H15BrClNO4S2. The van der Waals surface area contributed by atoms with Crippen LogP contribution in [0.3, 0.4) is 0 Å². The zero-order valence-electron chi connectivity index (χ0n) is 14.8. The zero-order chi connectivity index (χ0) is 20.8. The van der Waals surface area contributed by atoms with E-state index in [1.54, 1.807) is 42.5 Å². The highest BCUT2D eigenvalue weighted by atomic mass is 79.9. The van der Waals surface area contributed by atoms with E-state index in [4.69, 9.17) is 11.6 Å². The van der Waals surface area contributed by atoms with Gasteiger partial charge in [0.25, 0.3) is 10.0 Å². The van der Waals surface area contributed by atoms with Gasteiger partial charge in [-0.2, -0.15) is 4.72 Å². The zero-order valence-corrected chi connectivity index (χ0v) is 18.8. The Bertz CT molecular complexity index is 1190. The maximum Gasteiger partial charge on any atom is 0.325 e. The lowest BCUT2D eigenvalue weighted by molar-refractivity contribution is -0.140. The molecule has 29 heavy (non-hydrogen) atoms. The predicted octanol–water partition coefficient (Wildman–Crippen LogP) is 5.12. The highest BCUT2D eigenvalue weighted by Crippen LogP contribution is 2.54. The van der Waals surface area contributed by atoms with Gasteiger partial charge in [-0.1, -0.05) is 57.9 Å². The summed E-state index contributed by atoms with van der Waals surface area (Å²) in [6, 6.07) is 17.5. The molecule has 0 spiro atoms. The smallest absolute Gasteiger partial charge is 0.325 e. The van der Waals surface area contributed by atoms with Crippen molar-refractivity contribution in [2.45, 2.75) is 22.1 Å². The van der Waals surface area contributed by atoms with Crippen LogP contribution in [-0.2, 0) is 14.8 Å². The molecule has 1 aromatic heterocycles. The molecule has 150 valence electrons. The second-order valence-corrected chi connectivity index (χ2v) is 11.1. The van der Waals surface area contributed by atoms with Crippen LogP contribution in [0, 0.1) is 0 Å². The molecule has 1 aliphatic carbocycles. The van der Waals surface area contributed by atoms with Crippen LogP contribution in [0.5, 0.6) is 0 Å². The van der Waals surface area contributed by atoms with Gasteiger partial charge in [-0.15, -0.1) is 11.3 Å². The second kappa shape index (κ2) is 7.52. The molecule has 0 saturated heterocycles. The van der Waals surface area contributed by atoms with E-state index < -0.39 is 27.4 Å². The van der Waals surface area contributed by atoms with Gasteiger partial charge in [0.2, 0.25) is 0 Å². The van der Waals surface area contributed by atoms with Gasteiger partial charge in [-0.3, -0.25) is 4.79 Å². The van der Waals surface area contributed by atoms with Crippen molar-refractivity contribution >= 4 is 54.9 Å². The lowest BCUT2D eigenvalue weighted by Crippen LogP contribution is -2.44. The summed E-state index contributed by atoms with van der Waals surface area (Å²) in [6.07, 6.45) is 0.194. The lowest BCUT2D eigenvalue weighted by Gasteiger charge is -2.15. The summed E-state index contributed by atoms with van der Waals surface area (Å²) in [6.45, 7) is 0.